The predicted octanol–water partition coefficient (Wildman–Crippen LogP) is 3.12. The summed E-state index contributed by atoms with van der Waals surface area (Å²) in [5, 5.41) is 2.82. The van der Waals surface area contributed by atoms with Gasteiger partial charge in [-0.2, -0.15) is 0 Å². The number of hydrogen-bond acceptors (Lipinski definition) is 2. The van der Waals surface area contributed by atoms with E-state index in [1.807, 2.05) is 25.7 Å². The second-order valence-electron chi connectivity index (χ2n) is 7.49. The molecule has 4 nitrogen and oxygen atoms in total. The summed E-state index contributed by atoms with van der Waals surface area (Å²) in [4.78, 5) is 26.1. The number of hydrogen-bond donors (Lipinski definition) is 1. The standard InChI is InChI=1S/C18H24F2N2O2/c1-18(2,3)11-16(23)22-8-6-13(7-9-22)21-17(24)12-4-5-14(19)15(20)10-12/h4-5,10,13H,6-9,11H2,1-3H3,(H,21,24). The van der Waals surface area contributed by atoms with E-state index in [-0.39, 0.29) is 22.9 Å². The van der Waals surface area contributed by atoms with E-state index in [4.69, 9.17) is 0 Å². The fraction of sp³-hybridized carbons (Fsp3) is 0.556. The minimum absolute atomic E-state index is 0.0468. The molecule has 1 aromatic rings. The molecule has 1 aromatic carbocycles. The summed E-state index contributed by atoms with van der Waals surface area (Å²) in [5.41, 5.74) is 0.0505. The van der Waals surface area contributed by atoms with Crippen molar-refractivity contribution in [1.82, 2.24) is 10.2 Å². The molecule has 0 saturated carbocycles. The van der Waals surface area contributed by atoms with Gasteiger partial charge in [0.15, 0.2) is 11.6 Å². The van der Waals surface area contributed by atoms with Gasteiger partial charge in [0.05, 0.1) is 0 Å². The van der Waals surface area contributed by atoms with Gasteiger partial charge >= 0.3 is 0 Å². The molecule has 1 aliphatic heterocycles. The van der Waals surface area contributed by atoms with Crippen LogP contribution in [0.1, 0.15) is 50.4 Å². The quantitative estimate of drug-likeness (QED) is 0.920. The number of amides is 2. The predicted molar refractivity (Wildman–Crippen MR) is 87.5 cm³/mol. The number of likely N-dealkylation sites (tertiary alicyclic amines) is 1. The number of piperidine rings is 1. The smallest absolute Gasteiger partial charge is 0.251 e. The van der Waals surface area contributed by atoms with E-state index in [1.165, 1.54) is 6.07 Å². The van der Waals surface area contributed by atoms with Gasteiger partial charge in [-0.3, -0.25) is 9.59 Å². The summed E-state index contributed by atoms with van der Waals surface area (Å²) in [7, 11) is 0. The molecule has 0 unspecified atom stereocenters. The van der Waals surface area contributed by atoms with Crippen LogP contribution in [-0.2, 0) is 4.79 Å². The number of halogens is 2. The first kappa shape index (κ1) is 18.4. The molecule has 132 valence electrons. The van der Waals surface area contributed by atoms with Crippen molar-refractivity contribution in [2.45, 2.75) is 46.1 Å². The number of benzene rings is 1. The number of rotatable bonds is 3. The Morgan fingerprint density at radius 1 is 1.17 bits per heavy atom. The fourth-order valence-corrected chi connectivity index (χ4v) is 2.74. The Hall–Kier alpha value is -1.98. The monoisotopic (exact) mass is 338 g/mol. The molecule has 0 radical (unpaired) electrons. The topological polar surface area (TPSA) is 49.4 Å². The van der Waals surface area contributed by atoms with Gasteiger partial charge < -0.3 is 10.2 Å². The zero-order valence-corrected chi connectivity index (χ0v) is 14.4. The summed E-state index contributed by atoms with van der Waals surface area (Å²) in [6, 6.07) is 3.03. The first-order valence-electron chi connectivity index (χ1n) is 8.19. The molecule has 1 aliphatic rings. The van der Waals surface area contributed by atoms with Crippen LogP contribution in [0, 0.1) is 17.0 Å². The molecular weight excluding hydrogens is 314 g/mol. The third kappa shape index (κ3) is 5.01. The number of carbonyl (C=O) groups excluding carboxylic acids is 2. The van der Waals surface area contributed by atoms with Crippen molar-refractivity contribution in [2.24, 2.45) is 5.41 Å². The highest BCUT2D eigenvalue weighted by atomic mass is 19.2. The third-order valence-electron chi connectivity index (χ3n) is 4.05. The highest BCUT2D eigenvalue weighted by molar-refractivity contribution is 5.94. The minimum Gasteiger partial charge on any atom is -0.349 e. The Morgan fingerprint density at radius 3 is 2.33 bits per heavy atom. The van der Waals surface area contributed by atoms with Crippen LogP contribution in [0.3, 0.4) is 0 Å². The van der Waals surface area contributed by atoms with E-state index < -0.39 is 17.5 Å². The maximum atomic E-state index is 13.2. The molecule has 1 saturated heterocycles. The van der Waals surface area contributed by atoms with Crippen molar-refractivity contribution in [3.05, 3.63) is 35.4 Å². The van der Waals surface area contributed by atoms with Gasteiger partial charge in [-0.25, -0.2) is 8.78 Å². The van der Waals surface area contributed by atoms with Crippen LogP contribution in [0.15, 0.2) is 18.2 Å². The largest absolute Gasteiger partial charge is 0.349 e. The summed E-state index contributed by atoms with van der Waals surface area (Å²) in [6.45, 7) is 7.27. The Bertz CT molecular complexity index is 618. The Kier molecular flexibility index (Phi) is 5.57. The molecule has 0 atom stereocenters. The van der Waals surface area contributed by atoms with Gasteiger partial charge in [0.1, 0.15) is 0 Å². The van der Waals surface area contributed by atoms with Crippen LogP contribution in [0.4, 0.5) is 8.78 Å². The summed E-state index contributed by atoms with van der Waals surface area (Å²) in [6.07, 6.45) is 1.81. The van der Waals surface area contributed by atoms with Crippen LogP contribution in [0.25, 0.3) is 0 Å². The van der Waals surface area contributed by atoms with Crippen molar-refractivity contribution >= 4 is 11.8 Å². The van der Waals surface area contributed by atoms with Gasteiger partial charge in [0.2, 0.25) is 5.91 Å². The zero-order valence-electron chi connectivity index (χ0n) is 14.4. The summed E-state index contributed by atoms with van der Waals surface area (Å²) >= 11 is 0. The molecule has 2 amide bonds. The second-order valence-corrected chi connectivity index (χ2v) is 7.49. The molecule has 2 rings (SSSR count). The van der Waals surface area contributed by atoms with Crippen LogP contribution in [0.2, 0.25) is 0 Å². The van der Waals surface area contributed by atoms with Gasteiger partial charge in [0.25, 0.3) is 5.91 Å². The average molecular weight is 338 g/mol. The van der Waals surface area contributed by atoms with E-state index in [1.54, 1.807) is 0 Å². The van der Waals surface area contributed by atoms with Crippen LogP contribution >= 0.6 is 0 Å². The fourth-order valence-electron chi connectivity index (χ4n) is 2.74. The Morgan fingerprint density at radius 2 is 1.79 bits per heavy atom. The molecule has 0 aromatic heterocycles. The Labute approximate surface area is 141 Å². The van der Waals surface area contributed by atoms with Crippen LogP contribution in [0.5, 0.6) is 0 Å². The lowest BCUT2D eigenvalue weighted by Gasteiger charge is -2.34. The molecule has 0 aliphatic carbocycles. The average Bonchev–Trinajstić information content (AvgIpc) is 2.49. The van der Waals surface area contributed by atoms with E-state index in [9.17, 15) is 18.4 Å². The minimum atomic E-state index is -1.04. The van der Waals surface area contributed by atoms with Crippen molar-refractivity contribution in [2.75, 3.05) is 13.1 Å². The molecule has 0 spiro atoms. The Balaban J connectivity index is 1.85. The van der Waals surface area contributed by atoms with E-state index in [0.29, 0.717) is 32.4 Å². The molecule has 6 heteroatoms. The van der Waals surface area contributed by atoms with Crippen molar-refractivity contribution < 1.29 is 18.4 Å². The van der Waals surface area contributed by atoms with Gasteiger partial charge in [0, 0.05) is 31.1 Å². The molecule has 24 heavy (non-hydrogen) atoms. The highest BCUT2D eigenvalue weighted by Crippen LogP contribution is 2.21. The first-order chi connectivity index (χ1) is 11.2. The molecular formula is C18H24F2N2O2. The molecule has 1 fully saturated rings. The second kappa shape index (κ2) is 7.28. The summed E-state index contributed by atoms with van der Waals surface area (Å²) in [5.74, 6) is -2.30. The van der Waals surface area contributed by atoms with Crippen molar-refractivity contribution in [3.63, 3.8) is 0 Å². The van der Waals surface area contributed by atoms with Crippen molar-refractivity contribution in [1.29, 1.82) is 0 Å². The lowest BCUT2D eigenvalue weighted by molar-refractivity contribution is -0.134. The molecule has 1 N–H and O–H groups in total. The van der Waals surface area contributed by atoms with E-state index >= 15 is 0 Å². The third-order valence-corrected chi connectivity index (χ3v) is 4.05. The SMILES string of the molecule is CC(C)(C)CC(=O)N1CCC(NC(=O)c2ccc(F)c(F)c2)CC1. The summed E-state index contributed by atoms with van der Waals surface area (Å²) < 4.78 is 26.1. The van der Waals surface area contributed by atoms with Gasteiger partial charge in [-0.15, -0.1) is 0 Å². The van der Waals surface area contributed by atoms with Crippen LogP contribution in [-0.4, -0.2) is 35.8 Å². The molecule has 0 bridgehead atoms. The van der Waals surface area contributed by atoms with E-state index in [2.05, 4.69) is 5.32 Å². The lowest BCUT2D eigenvalue weighted by Crippen LogP contribution is -2.47. The number of nitrogens with zero attached hydrogens (tertiary/aromatic N) is 1. The number of nitrogens with one attached hydrogen (secondary N) is 1. The van der Waals surface area contributed by atoms with Crippen molar-refractivity contribution in [3.8, 4) is 0 Å². The normalized spacial score (nSPS) is 16.1. The lowest BCUT2D eigenvalue weighted by atomic mass is 9.91. The zero-order chi connectivity index (χ0) is 17.9. The molecule has 1 heterocycles. The highest BCUT2D eigenvalue weighted by Gasteiger charge is 2.26. The van der Waals surface area contributed by atoms with Gasteiger partial charge in [-0.1, -0.05) is 20.8 Å². The first-order valence-corrected chi connectivity index (χ1v) is 8.19. The van der Waals surface area contributed by atoms with E-state index in [0.717, 1.165) is 12.1 Å². The maximum absolute atomic E-state index is 13.2. The van der Waals surface area contributed by atoms with Gasteiger partial charge in [-0.05, 0) is 36.5 Å². The van der Waals surface area contributed by atoms with Crippen LogP contribution < -0.4 is 5.32 Å². The maximum Gasteiger partial charge on any atom is 0.251 e. The number of carbonyl (C=O) groups is 2.